The summed E-state index contributed by atoms with van der Waals surface area (Å²) in [4.78, 5) is 14.3. The molecule has 1 aliphatic rings. The van der Waals surface area contributed by atoms with E-state index in [0.717, 1.165) is 11.7 Å². The first-order chi connectivity index (χ1) is 8.50. The van der Waals surface area contributed by atoms with Gasteiger partial charge in [0.15, 0.2) is 0 Å². The van der Waals surface area contributed by atoms with Gasteiger partial charge in [0.25, 0.3) is 0 Å². The van der Waals surface area contributed by atoms with Crippen molar-refractivity contribution in [2.45, 2.75) is 26.9 Å². The summed E-state index contributed by atoms with van der Waals surface area (Å²) in [6.07, 6.45) is 1.79. The maximum Gasteiger partial charge on any atom is 0.140 e. The summed E-state index contributed by atoms with van der Waals surface area (Å²) in [5.41, 5.74) is 5.99. The number of nitrogens with two attached hydrogens (primary N) is 1. The van der Waals surface area contributed by atoms with Crippen LogP contribution in [0.3, 0.4) is 0 Å². The molecule has 0 aliphatic carbocycles. The molecule has 98 valence electrons. The number of H-pyrrole nitrogens is 1. The van der Waals surface area contributed by atoms with Crippen LogP contribution in [-0.4, -0.2) is 29.9 Å². The van der Waals surface area contributed by atoms with E-state index in [-0.39, 0.29) is 18.0 Å². The summed E-state index contributed by atoms with van der Waals surface area (Å²) in [6.45, 7) is 6.20. The van der Waals surface area contributed by atoms with Gasteiger partial charge in [-0.15, -0.1) is 0 Å². The molecule has 1 aliphatic heterocycles. The lowest BCUT2D eigenvalue weighted by molar-refractivity contribution is 0.615. The molecule has 3 unspecified atom stereocenters. The fourth-order valence-electron chi connectivity index (χ4n) is 2.20. The molecule has 0 saturated heterocycles. The number of anilines is 1. The van der Waals surface area contributed by atoms with E-state index in [1.165, 1.54) is 0 Å². The highest BCUT2D eigenvalue weighted by Gasteiger charge is 2.28. The maximum absolute atomic E-state index is 5.99. The molecule has 5 heteroatoms. The van der Waals surface area contributed by atoms with Crippen LogP contribution < -0.4 is 10.6 Å². The van der Waals surface area contributed by atoms with Crippen LogP contribution in [0.15, 0.2) is 28.3 Å². The Balaban J connectivity index is 2.32. The molecule has 0 radical (unpaired) electrons. The molecular formula is C13H21N5. The Morgan fingerprint density at radius 3 is 2.56 bits per heavy atom. The second-order valence-corrected chi connectivity index (χ2v) is 4.86. The van der Waals surface area contributed by atoms with Crippen LogP contribution in [0.5, 0.6) is 0 Å². The van der Waals surface area contributed by atoms with Crippen molar-refractivity contribution in [2.75, 3.05) is 11.9 Å². The van der Waals surface area contributed by atoms with Crippen molar-refractivity contribution in [3.05, 3.63) is 18.3 Å². The van der Waals surface area contributed by atoms with Gasteiger partial charge in [-0.25, -0.2) is 9.98 Å². The van der Waals surface area contributed by atoms with Gasteiger partial charge in [-0.3, -0.25) is 0 Å². The molecule has 2 rings (SSSR count). The van der Waals surface area contributed by atoms with Crippen LogP contribution in [0.1, 0.15) is 20.8 Å². The standard InChI is InChI=1S/C13H21N5/c1-8-9(2)13(17-10(3)16-12(8)14)18(4)11-6-5-7-15-11/h5-10,15H,1-4H3,(H2,14,16). The average Bonchev–Trinajstić information content (AvgIpc) is 2.83. The summed E-state index contributed by atoms with van der Waals surface area (Å²) < 4.78 is 0. The predicted molar refractivity (Wildman–Crippen MR) is 76.0 cm³/mol. The number of nitrogens with one attached hydrogen (secondary N) is 1. The van der Waals surface area contributed by atoms with Crippen LogP contribution >= 0.6 is 0 Å². The van der Waals surface area contributed by atoms with E-state index in [4.69, 9.17) is 5.73 Å². The number of aliphatic imine (C=N–C) groups is 2. The number of aromatic amines is 1. The first kappa shape index (κ1) is 12.7. The van der Waals surface area contributed by atoms with E-state index in [2.05, 4.69) is 33.7 Å². The molecule has 18 heavy (non-hydrogen) atoms. The van der Waals surface area contributed by atoms with Gasteiger partial charge in [-0.2, -0.15) is 0 Å². The minimum absolute atomic E-state index is 0.121. The van der Waals surface area contributed by atoms with Gasteiger partial charge in [0.1, 0.15) is 17.8 Å². The summed E-state index contributed by atoms with van der Waals surface area (Å²) in [5.74, 6) is 3.17. The van der Waals surface area contributed by atoms with Crippen molar-refractivity contribution in [3.63, 3.8) is 0 Å². The third-order valence-electron chi connectivity index (χ3n) is 3.57. The van der Waals surface area contributed by atoms with Crippen LogP contribution in [0.2, 0.25) is 0 Å². The van der Waals surface area contributed by atoms with Gasteiger partial charge < -0.3 is 15.6 Å². The van der Waals surface area contributed by atoms with E-state index in [0.29, 0.717) is 5.84 Å². The number of amidine groups is 2. The molecule has 5 nitrogen and oxygen atoms in total. The monoisotopic (exact) mass is 247 g/mol. The molecule has 0 amide bonds. The number of hydrogen-bond acceptors (Lipinski definition) is 4. The van der Waals surface area contributed by atoms with E-state index in [9.17, 15) is 0 Å². The molecule has 1 aromatic heterocycles. The van der Waals surface area contributed by atoms with Gasteiger partial charge >= 0.3 is 0 Å². The Kier molecular flexibility index (Phi) is 3.41. The Labute approximate surface area is 108 Å². The highest BCUT2D eigenvalue weighted by Crippen LogP contribution is 2.22. The van der Waals surface area contributed by atoms with Crippen LogP contribution in [-0.2, 0) is 0 Å². The van der Waals surface area contributed by atoms with Gasteiger partial charge in [-0.05, 0) is 19.1 Å². The molecule has 1 aromatic rings. The number of hydrogen-bond donors (Lipinski definition) is 2. The summed E-state index contributed by atoms with van der Waals surface area (Å²) in [6, 6.07) is 4.01. The van der Waals surface area contributed by atoms with Crippen molar-refractivity contribution >= 4 is 17.5 Å². The van der Waals surface area contributed by atoms with Gasteiger partial charge in [0.05, 0.1) is 5.84 Å². The molecule has 3 N–H and O–H groups in total. The van der Waals surface area contributed by atoms with Crippen LogP contribution in [0.4, 0.5) is 5.82 Å². The molecule has 2 heterocycles. The molecule has 0 fully saturated rings. The van der Waals surface area contributed by atoms with Crippen molar-refractivity contribution < 1.29 is 0 Å². The fraction of sp³-hybridized carbons (Fsp3) is 0.538. The lowest BCUT2D eigenvalue weighted by Crippen LogP contribution is -2.38. The molecule has 3 atom stereocenters. The third kappa shape index (κ3) is 2.25. The lowest BCUT2D eigenvalue weighted by atomic mass is 9.93. The first-order valence-corrected chi connectivity index (χ1v) is 6.28. The molecule has 0 bridgehead atoms. The molecular weight excluding hydrogens is 226 g/mol. The van der Waals surface area contributed by atoms with Crippen molar-refractivity contribution in [2.24, 2.45) is 27.6 Å². The zero-order chi connectivity index (χ0) is 13.3. The fourth-order valence-corrected chi connectivity index (χ4v) is 2.20. The highest BCUT2D eigenvalue weighted by molar-refractivity contribution is 6.02. The minimum Gasteiger partial charge on any atom is -0.387 e. The van der Waals surface area contributed by atoms with E-state index in [1.54, 1.807) is 0 Å². The minimum atomic E-state index is -0.121. The number of rotatable bonds is 1. The SMILES string of the molecule is CC1N=C(N)C(C)C(C)C(N(C)c2ccc[nH]2)=N1. The maximum atomic E-state index is 5.99. The highest BCUT2D eigenvalue weighted by atomic mass is 15.2. The Morgan fingerprint density at radius 1 is 1.22 bits per heavy atom. The normalized spacial score (nSPS) is 28.3. The smallest absolute Gasteiger partial charge is 0.140 e. The Bertz CT molecular complexity index is 460. The summed E-state index contributed by atoms with van der Waals surface area (Å²) in [5, 5.41) is 0. The topological polar surface area (TPSA) is 69.8 Å². The van der Waals surface area contributed by atoms with Gasteiger partial charge in [0, 0.05) is 25.1 Å². The Hall–Kier alpha value is -1.78. The van der Waals surface area contributed by atoms with E-state index < -0.39 is 0 Å². The van der Waals surface area contributed by atoms with E-state index in [1.807, 2.05) is 32.3 Å². The van der Waals surface area contributed by atoms with Crippen molar-refractivity contribution in [1.29, 1.82) is 0 Å². The number of nitrogens with zero attached hydrogens (tertiary/aromatic N) is 3. The molecule has 0 saturated carbocycles. The zero-order valence-electron chi connectivity index (χ0n) is 11.4. The Morgan fingerprint density at radius 2 is 1.94 bits per heavy atom. The quantitative estimate of drug-likeness (QED) is 0.795. The van der Waals surface area contributed by atoms with E-state index >= 15 is 0 Å². The van der Waals surface area contributed by atoms with Crippen molar-refractivity contribution in [1.82, 2.24) is 4.98 Å². The second-order valence-electron chi connectivity index (χ2n) is 4.86. The average molecular weight is 247 g/mol. The molecule has 0 aromatic carbocycles. The number of aromatic nitrogens is 1. The zero-order valence-corrected chi connectivity index (χ0v) is 11.4. The summed E-state index contributed by atoms with van der Waals surface area (Å²) in [7, 11) is 2.02. The lowest BCUT2D eigenvalue weighted by Gasteiger charge is -2.27. The predicted octanol–water partition coefficient (Wildman–Crippen LogP) is 1.84. The van der Waals surface area contributed by atoms with Crippen molar-refractivity contribution in [3.8, 4) is 0 Å². The van der Waals surface area contributed by atoms with Gasteiger partial charge in [-0.1, -0.05) is 13.8 Å². The third-order valence-corrected chi connectivity index (χ3v) is 3.57. The van der Waals surface area contributed by atoms with Gasteiger partial charge in [0.2, 0.25) is 0 Å². The first-order valence-electron chi connectivity index (χ1n) is 6.28. The largest absolute Gasteiger partial charge is 0.387 e. The second kappa shape index (κ2) is 4.84. The molecule has 0 spiro atoms. The van der Waals surface area contributed by atoms with Crippen LogP contribution in [0.25, 0.3) is 0 Å². The summed E-state index contributed by atoms with van der Waals surface area (Å²) >= 11 is 0. The van der Waals surface area contributed by atoms with Crippen LogP contribution in [0, 0.1) is 11.8 Å².